The fourth-order valence-corrected chi connectivity index (χ4v) is 5.44. The van der Waals surface area contributed by atoms with E-state index >= 15 is 0 Å². The van der Waals surface area contributed by atoms with Gasteiger partial charge < -0.3 is 15.0 Å². The van der Waals surface area contributed by atoms with Gasteiger partial charge in [0.15, 0.2) is 11.0 Å². The van der Waals surface area contributed by atoms with E-state index in [0.29, 0.717) is 60.4 Å². The van der Waals surface area contributed by atoms with Crippen LogP contribution in [-0.2, 0) is 17.2 Å². The van der Waals surface area contributed by atoms with Gasteiger partial charge in [-0.3, -0.25) is 4.72 Å². The van der Waals surface area contributed by atoms with Gasteiger partial charge in [0.25, 0.3) is 0 Å². The highest BCUT2D eigenvalue weighted by atomic mass is 32.2. The van der Waals surface area contributed by atoms with Crippen LogP contribution in [0.25, 0.3) is 5.57 Å². The van der Waals surface area contributed by atoms with Gasteiger partial charge >= 0.3 is 6.18 Å². The third-order valence-electron chi connectivity index (χ3n) is 5.66. The number of fused-ring (bicyclic) bond motifs is 1. The van der Waals surface area contributed by atoms with Crippen LogP contribution in [0.2, 0.25) is 0 Å². The van der Waals surface area contributed by atoms with Gasteiger partial charge in [-0.05, 0) is 48.9 Å². The number of nitrogens with one attached hydrogen (secondary N) is 2. The Bertz CT molecular complexity index is 1250. The minimum atomic E-state index is -4.42. The number of hydrogen-bond donors (Lipinski definition) is 2. The summed E-state index contributed by atoms with van der Waals surface area (Å²) in [7, 11) is -1.53. The fourth-order valence-electron chi connectivity index (χ4n) is 4.05. The molecular weight excluding hydrogens is 485 g/mol. The highest BCUT2D eigenvalue weighted by Crippen LogP contribution is 2.43. The summed E-state index contributed by atoms with van der Waals surface area (Å²) in [5.41, 5.74) is 3.85. The number of rotatable bonds is 5. The molecule has 178 valence electrons. The van der Waals surface area contributed by atoms with Crippen LogP contribution in [0.15, 0.2) is 58.3 Å². The smallest absolute Gasteiger partial charge is 0.416 e. The Hall–Kier alpha value is -2.89. The molecule has 3 aromatic rings. The van der Waals surface area contributed by atoms with Crippen LogP contribution in [0, 0.1) is 0 Å². The Kier molecular flexibility index (Phi) is 6.32. The van der Waals surface area contributed by atoms with Crippen molar-refractivity contribution in [1.82, 2.24) is 10.3 Å². The van der Waals surface area contributed by atoms with Crippen LogP contribution in [0.4, 0.5) is 30.4 Å². The zero-order chi connectivity index (χ0) is 23.7. The molecule has 0 bridgehead atoms. The number of benzene rings is 2. The quantitative estimate of drug-likeness (QED) is 0.498. The first-order valence-electron chi connectivity index (χ1n) is 10.6. The highest BCUT2D eigenvalue weighted by molar-refractivity contribution is 7.86. The summed E-state index contributed by atoms with van der Waals surface area (Å²) in [6.45, 7) is 2.16. The van der Waals surface area contributed by atoms with Gasteiger partial charge in [0.1, 0.15) is 18.2 Å². The Morgan fingerprint density at radius 1 is 1.18 bits per heavy atom. The molecule has 0 saturated heterocycles. The molecule has 1 atom stereocenters. The molecule has 0 spiro atoms. The molecular formula is C23H21F3N4O2S2. The molecule has 1 aromatic heterocycles. The fraction of sp³-hybridized carbons (Fsp3) is 0.261. The first-order chi connectivity index (χ1) is 16.4. The molecule has 2 aliphatic rings. The molecule has 2 aliphatic heterocycles. The van der Waals surface area contributed by atoms with Gasteiger partial charge in [-0.15, -0.1) is 11.3 Å². The van der Waals surface area contributed by atoms with Crippen molar-refractivity contribution in [3.05, 3.63) is 64.5 Å². The van der Waals surface area contributed by atoms with E-state index in [1.807, 2.05) is 11.0 Å². The number of alkyl halides is 3. The Balaban J connectivity index is 1.52. The summed E-state index contributed by atoms with van der Waals surface area (Å²) < 4.78 is 61.9. The number of ether oxygens (including phenoxy) is 1. The lowest BCUT2D eigenvalue weighted by atomic mass is 9.95. The predicted octanol–water partition coefficient (Wildman–Crippen LogP) is 5.20. The number of thiazole rings is 1. The topological polar surface area (TPSA) is 66.5 Å². The van der Waals surface area contributed by atoms with Gasteiger partial charge in [0, 0.05) is 29.2 Å². The molecule has 0 amide bonds. The maximum absolute atomic E-state index is 13.5. The summed E-state index contributed by atoms with van der Waals surface area (Å²) in [4.78, 5) is 6.57. The number of nitrogens with zero attached hydrogens (tertiary/aromatic N) is 2. The molecule has 5 rings (SSSR count). The number of hydrogen-bond acceptors (Lipinski definition) is 6. The Labute approximate surface area is 201 Å². The third-order valence-corrected chi connectivity index (χ3v) is 7.33. The lowest BCUT2D eigenvalue weighted by molar-refractivity contribution is -0.137. The molecule has 0 aliphatic carbocycles. The van der Waals surface area contributed by atoms with E-state index in [-0.39, 0.29) is 0 Å². The average Bonchev–Trinajstić information content (AvgIpc) is 3.36. The maximum atomic E-state index is 13.5. The summed E-state index contributed by atoms with van der Waals surface area (Å²) >= 11 is 1.39. The molecule has 2 N–H and O–H groups in total. The molecule has 1 unspecified atom stereocenters. The first kappa shape index (κ1) is 22.9. The largest absolute Gasteiger partial charge is 0.489 e. The zero-order valence-corrected chi connectivity index (χ0v) is 19.5. The number of anilines is 3. The average molecular weight is 507 g/mol. The van der Waals surface area contributed by atoms with Crippen LogP contribution in [0.3, 0.4) is 0 Å². The third kappa shape index (κ3) is 4.68. The van der Waals surface area contributed by atoms with Crippen LogP contribution >= 0.6 is 11.3 Å². The van der Waals surface area contributed by atoms with E-state index < -0.39 is 22.7 Å². The van der Waals surface area contributed by atoms with Gasteiger partial charge in [0.05, 0.1) is 28.2 Å². The molecule has 3 heterocycles. The van der Waals surface area contributed by atoms with Crippen molar-refractivity contribution in [3.63, 3.8) is 0 Å². The number of halogens is 3. The van der Waals surface area contributed by atoms with E-state index in [9.17, 15) is 17.4 Å². The van der Waals surface area contributed by atoms with Gasteiger partial charge in [-0.25, -0.2) is 9.19 Å². The SMILES string of the molecule is O=S(Nc1cscn1)c1ccc2c(c1)OCCN2c1ccc(C(F)(F)F)cc1C1=CCNCC1. The van der Waals surface area contributed by atoms with Crippen molar-refractivity contribution in [2.75, 3.05) is 35.9 Å². The van der Waals surface area contributed by atoms with Crippen LogP contribution in [0.1, 0.15) is 17.5 Å². The van der Waals surface area contributed by atoms with Gasteiger partial charge in [0.2, 0.25) is 0 Å². The molecule has 0 saturated carbocycles. The lowest BCUT2D eigenvalue weighted by Gasteiger charge is -2.34. The minimum Gasteiger partial charge on any atom is -0.489 e. The van der Waals surface area contributed by atoms with Crippen molar-refractivity contribution in [2.24, 2.45) is 0 Å². The highest BCUT2D eigenvalue weighted by Gasteiger charge is 2.33. The van der Waals surface area contributed by atoms with E-state index in [4.69, 9.17) is 4.74 Å². The van der Waals surface area contributed by atoms with Crippen LogP contribution in [-0.4, -0.2) is 35.4 Å². The van der Waals surface area contributed by atoms with Crippen LogP contribution < -0.4 is 19.7 Å². The van der Waals surface area contributed by atoms with Crippen molar-refractivity contribution in [1.29, 1.82) is 0 Å². The second-order valence-corrected chi connectivity index (χ2v) is 9.72. The van der Waals surface area contributed by atoms with Gasteiger partial charge in [-0.1, -0.05) is 6.08 Å². The van der Waals surface area contributed by atoms with Crippen molar-refractivity contribution < 1.29 is 22.1 Å². The summed E-state index contributed by atoms with van der Waals surface area (Å²) in [6, 6.07) is 9.11. The number of aromatic nitrogens is 1. The second kappa shape index (κ2) is 9.40. The molecule has 6 nitrogen and oxygen atoms in total. The lowest BCUT2D eigenvalue weighted by Crippen LogP contribution is -2.30. The van der Waals surface area contributed by atoms with E-state index in [0.717, 1.165) is 17.3 Å². The first-order valence-corrected chi connectivity index (χ1v) is 12.7. The normalized spacial score (nSPS) is 16.9. The van der Waals surface area contributed by atoms with E-state index in [2.05, 4.69) is 15.0 Å². The minimum absolute atomic E-state index is 0.351. The van der Waals surface area contributed by atoms with E-state index in [1.54, 1.807) is 29.1 Å². The Morgan fingerprint density at radius 3 is 2.76 bits per heavy atom. The Morgan fingerprint density at radius 2 is 2.03 bits per heavy atom. The summed E-state index contributed by atoms with van der Waals surface area (Å²) in [5.74, 6) is 1.05. The van der Waals surface area contributed by atoms with Crippen LogP contribution in [0.5, 0.6) is 5.75 Å². The van der Waals surface area contributed by atoms with Crippen molar-refractivity contribution in [3.8, 4) is 5.75 Å². The summed E-state index contributed by atoms with van der Waals surface area (Å²) in [5, 5.41) is 4.97. The molecule has 0 fully saturated rings. The van der Waals surface area contributed by atoms with Crippen molar-refractivity contribution >= 4 is 45.1 Å². The monoisotopic (exact) mass is 506 g/mol. The molecule has 11 heteroatoms. The molecule has 2 aromatic carbocycles. The molecule has 34 heavy (non-hydrogen) atoms. The second-order valence-electron chi connectivity index (χ2n) is 7.79. The predicted molar refractivity (Wildman–Crippen MR) is 128 cm³/mol. The van der Waals surface area contributed by atoms with Gasteiger partial charge in [-0.2, -0.15) is 13.2 Å². The molecule has 0 radical (unpaired) electrons. The zero-order valence-electron chi connectivity index (χ0n) is 17.9. The summed E-state index contributed by atoms with van der Waals surface area (Å²) in [6.07, 6.45) is -1.83. The maximum Gasteiger partial charge on any atom is 0.416 e. The van der Waals surface area contributed by atoms with Crippen molar-refractivity contribution in [2.45, 2.75) is 17.5 Å². The standard InChI is InChI=1S/C23H21F3N4O2S2/c24-23(25,26)16-1-3-19(18(11-16)15-5-7-27-8-6-15)30-9-10-32-21-12-17(2-4-20(21)30)34(31)29-22-13-33-14-28-22/h1-5,11-14,27,29H,6-10H2. The van der Waals surface area contributed by atoms with E-state index in [1.165, 1.54) is 23.5 Å².